The third kappa shape index (κ3) is 1.74. The van der Waals surface area contributed by atoms with Gasteiger partial charge in [0, 0.05) is 18.6 Å². The first kappa shape index (κ1) is 9.80. The van der Waals surface area contributed by atoms with Crippen molar-refractivity contribution in [1.29, 1.82) is 0 Å². The molecule has 0 radical (unpaired) electrons. The van der Waals surface area contributed by atoms with Crippen LogP contribution in [-0.4, -0.2) is 6.26 Å². The second kappa shape index (κ2) is 3.79. The van der Waals surface area contributed by atoms with E-state index in [0.717, 1.165) is 0 Å². The number of hydrogen-bond acceptors (Lipinski definition) is 2. The molecule has 0 spiro atoms. The molecule has 1 aromatic heterocycles. The highest BCUT2D eigenvalue weighted by molar-refractivity contribution is 14.1. The molecule has 13 heavy (non-hydrogen) atoms. The molecule has 0 aliphatic rings. The lowest BCUT2D eigenvalue weighted by Crippen LogP contribution is -1.77. The van der Waals surface area contributed by atoms with Gasteiger partial charge in [0.2, 0.25) is 0 Å². The monoisotopic (exact) mass is 320 g/mol. The number of fused-ring (bicyclic) bond motifs is 1. The molecule has 2 rings (SSSR count). The summed E-state index contributed by atoms with van der Waals surface area (Å²) < 4.78 is 2.78. The molecular formula is C10H9IS2. The largest absolute Gasteiger partial charge is 0.143 e. The van der Waals surface area contributed by atoms with Gasteiger partial charge in [-0.15, -0.1) is 23.1 Å². The van der Waals surface area contributed by atoms with E-state index >= 15 is 0 Å². The Morgan fingerprint density at radius 2 is 2.15 bits per heavy atom. The van der Waals surface area contributed by atoms with E-state index in [9.17, 15) is 0 Å². The van der Waals surface area contributed by atoms with E-state index in [0.29, 0.717) is 0 Å². The standard InChI is InChI=1S/C10H9IS2/c1-6-5-13-9-4-7(12-2)3-8(11)10(6)9/h3-5H,1-2H3. The Morgan fingerprint density at radius 1 is 1.38 bits per heavy atom. The minimum Gasteiger partial charge on any atom is -0.143 e. The van der Waals surface area contributed by atoms with Gasteiger partial charge in [0.1, 0.15) is 0 Å². The van der Waals surface area contributed by atoms with Gasteiger partial charge in [0.15, 0.2) is 0 Å². The van der Waals surface area contributed by atoms with Crippen LogP contribution in [0.4, 0.5) is 0 Å². The summed E-state index contributed by atoms with van der Waals surface area (Å²) in [6, 6.07) is 4.53. The second-order valence-electron chi connectivity index (χ2n) is 2.90. The van der Waals surface area contributed by atoms with Crippen LogP contribution in [0.3, 0.4) is 0 Å². The average molecular weight is 320 g/mol. The Hall–Kier alpha value is 0.260. The fourth-order valence-corrected chi connectivity index (χ4v) is 4.36. The summed E-state index contributed by atoms with van der Waals surface area (Å²) in [4.78, 5) is 1.36. The summed E-state index contributed by atoms with van der Waals surface area (Å²) in [6.07, 6.45) is 2.12. The predicted molar refractivity (Wildman–Crippen MR) is 71.1 cm³/mol. The van der Waals surface area contributed by atoms with Gasteiger partial charge in [-0.3, -0.25) is 0 Å². The van der Waals surface area contributed by atoms with Crippen LogP contribution in [0.15, 0.2) is 22.4 Å². The van der Waals surface area contributed by atoms with Crippen LogP contribution in [0.5, 0.6) is 0 Å². The molecule has 0 nitrogen and oxygen atoms in total. The van der Waals surface area contributed by atoms with Crippen LogP contribution in [0.25, 0.3) is 10.1 Å². The number of hydrogen-bond donors (Lipinski definition) is 0. The van der Waals surface area contributed by atoms with Crippen molar-refractivity contribution in [2.45, 2.75) is 11.8 Å². The summed E-state index contributed by atoms with van der Waals surface area (Å²) in [5.74, 6) is 0. The lowest BCUT2D eigenvalue weighted by molar-refractivity contribution is 1.48. The summed E-state index contributed by atoms with van der Waals surface area (Å²) in [6.45, 7) is 2.18. The summed E-state index contributed by atoms with van der Waals surface area (Å²) >= 11 is 6.07. The average Bonchev–Trinajstić information content (AvgIpc) is 2.48. The molecule has 3 heteroatoms. The zero-order chi connectivity index (χ0) is 9.42. The fraction of sp³-hybridized carbons (Fsp3) is 0.200. The van der Waals surface area contributed by atoms with Gasteiger partial charge in [0.25, 0.3) is 0 Å². The van der Waals surface area contributed by atoms with Crippen molar-refractivity contribution in [3.8, 4) is 0 Å². The summed E-state index contributed by atoms with van der Waals surface area (Å²) in [5.41, 5.74) is 1.40. The molecule has 0 N–H and O–H groups in total. The van der Waals surface area contributed by atoms with Crippen LogP contribution in [-0.2, 0) is 0 Å². The number of thiophene rings is 1. The fourth-order valence-electron chi connectivity index (χ4n) is 1.36. The molecule has 0 amide bonds. The summed E-state index contributed by atoms with van der Waals surface area (Å²) in [7, 11) is 0. The SMILES string of the molecule is CSc1cc(I)c2c(C)csc2c1. The molecule has 0 atom stereocenters. The van der Waals surface area contributed by atoms with E-state index in [2.05, 4.69) is 53.3 Å². The first-order chi connectivity index (χ1) is 6.22. The number of thioether (sulfide) groups is 1. The molecule has 0 aliphatic carbocycles. The van der Waals surface area contributed by atoms with E-state index in [1.165, 1.54) is 24.1 Å². The molecule has 2 aromatic rings. The Kier molecular flexibility index (Phi) is 2.86. The van der Waals surface area contributed by atoms with E-state index in [1.807, 2.05) is 23.1 Å². The van der Waals surface area contributed by atoms with Crippen LogP contribution < -0.4 is 0 Å². The third-order valence-electron chi connectivity index (χ3n) is 2.02. The molecule has 1 aromatic carbocycles. The molecule has 0 unspecified atom stereocenters. The normalized spacial score (nSPS) is 11.0. The summed E-state index contributed by atoms with van der Waals surface area (Å²) in [5, 5.41) is 3.67. The molecule has 0 saturated carbocycles. The van der Waals surface area contributed by atoms with Crippen molar-refractivity contribution in [2.24, 2.45) is 0 Å². The number of rotatable bonds is 1. The molecule has 0 bridgehead atoms. The van der Waals surface area contributed by atoms with E-state index in [-0.39, 0.29) is 0 Å². The zero-order valence-corrected chi connectivity index (χ0v) is 11.2. The third-order valence-corrected chi connectivity index (χ3v) is 4.63. The van der Waals surface area contributed by atoms with Gasteiger partial charge < -0.3 is 0 Å². The zero-order valence-electron chi connectivity index (χ0n) is 7.43. The molecular weight excluding hydrogens is 311 g/mol. The lowest BCUT2D eigenvalue weighted by atomic mass is 10.2. The van der Waals surface area contributed by atoms with Crippen LogP contribution in [0, 0.1) is 10.5 Å². The topological polar surface area (TPSA) is 0 Å². The van der Waals surface area contributed by atoms with Gasteiger partial charge in [-0.05, 0) is 58.8 Å². The second-order valence-corrected chi connectivity index (χ2v) is 5.85. The molecule has 0 aliphatic heterocycles. The highest BCUT2D eigenvalue weighted by Crippen LogP contribution is 2.33. The minimum atomic E-state index is 1.36. The van der Waals surface area contributed by atoms with Crippen LogP contribution in [0.1, 0.15) is 5.56 Å². The smallest absolute Gasteiger partial charge is 0.0367 e. The first-order valence-electron chi connectivity index (χ1n) is 3.93. The maximum absolute atomic E-state index is 2.42. The van der Waals surface area contributed by atoms with E-state index in [1.54, 1.807) is 0 Å². The van der Waals surface area contributed by atoms with Crippen molar-refractivity contribution in [3.63, 3.8) is 0 Å². The van der Waals surface area contributed by atoms with Gasteiger partial charge in [-0.25, -0.2) is 0 Å². The first-order valence-corrected chi connectivity index (χ1v) is 7.12. The minimum absolute atomic E-state index is 1.36. The molecule has 68 valence electrons. The number of aryl methyl sites for hydroxylation is 1. The van der Waals surface area contributed by atoms with E-state index < -0.39 is 0 Å². The van der Waals surface area contributed by atoms with Gasteiger partial charge in [-0.1, -0.05) is 0 Å². The Bertz CT molecular complexity index is 445. The molecule has 0 saturated heterocycles. The quantitative estimate of drug-likeness (QED) is 0.549. The van der Waals surface area contributed by atoms with Gasteiger partial charge >= 0.3 is 0 Å². The van der Waals surface area contributed by atoms with Crippen molar-refractivity contribution in [2.75, 3.05) is 6.26 Å². The van der Waals surface area contributed by atoms with Crippen molar-refractivity contribution >= 4 is 55.8 Å². The van der Waals surface area contributed by atoms with E-state index in [4.69, 9.17) is 0 Å². The maximum Gasteiger partial charge on any atom is 0.0367 e. The predicted octanol–water partition coefficient (Wildman–Crippen LogP) is 4.54. The number of halogens is 1. The highest BCUT2D eigenvalue weighted by Gasteiger charge is 2.05. The van der Waals surface area contributed by atoms with Gasteiger partial charge in [-0.2, -0.15) is 0 Å². The van der Waals surface area contributed by atoms with Crippen molar-refractivity contribution in [1.82, 2.24) is 0 Å². The molecule has 0 fully saturated rings. The number of benzene rings is 1. The van der Waals surface area contributed by atoms with Crippen molar-refractivity contribution < 1.29 is 0 Å². The Balaban J connectivity index is 2.79. The lowest BCUT2D eigenvalue weighted by Gasteiger charge is -2.00. The Labute approximate surface area is 99.9 Å². The van der Waals surface area contributed by atoms with Crippen LogP contribution >= 0.6 is 45.7 Å². The van der Waals surface area contributed by atoms with Gasteiger partial charge in [0.05, 0.1) is 0 Å². The van der Waals surface area contributed by atoms with Crippen molar-refractivity contribution in [3.05, 3.63) is 26.6 Å². The van der Waals surface area contributed by atoms with Crippen LogP contribution in [0.2, 0.25) is 0 Å². The Morgan fingerprint density at radius 3 is 2.85 bits per heavy atom. The highest BCUT2D eigenvalue weighted by atomic mass is 127. The molecule has 1 heterocycles. The maximum atomic E-state index is 2.42.